The van der Waals surface area contributed by atoms with E-state index in [0.29, 0.717) is 32.6 Å². The van der Waals surface area contributed by atoms with E-state index in [2.05, 4.69) is 4.98 Å². The van der Waals surface area contributed by atoms with Crippen molar-refractivity contribution in [3.05, 3.63) is 24.0 Å². The SMILES string of the molecule is O=Cc1cncc(S(=O)(=O)N2CCOCC2)c1. The number of aromatic nitrogens is 1. The molecule has 1 aromatic heterocycles. The lowest BCUT2D eigenvalue weighted by atomic mass is 10.3. The van der Waals surface area contributed by atoms with Gasteiger partial charge in [-0.3, -0.25) is 9.78 Å². The molecule has 0 bridgehead atoms. The van der Waals surface area contributed by atoms with E-state index in [1.807, 2.05) is 0 Å². The lowest BCUT2D eigenvalue weighted by Crippen LogP contribution is -2.40. The topological polar surface area (TPSA) is 76.6 Å². The van der Waals surface area contributed by atoms with Gasteiger partial charge in [0.15, 0.2) is 6.29 Å². The van der Waals surface area contributed by atoms with Crippen molar-refractivity contribution >= 4 is 16.3 Å². The predicted molar refractivity (Wildman–Crippen MR) is 59.2 cm³/mol. The summed E-state index contributed by atoms with van der Waals surface area (Å²) in [5.74, 6) is 0. The van der Waals surface area contributed by atoms with Gasteiger partial charge in [-0.25, -0.2) is 8.42 Å². The smallest absolute Gasteiger partial charge is 0.244 e. The number of ether oxygens (including phenoxy) is 1. The molecule has 92 valence electrons. The third-order valence-corrected chi connectivity index (χ3v) is 4.34. The lowest BCUT2D eigenvalue weighted by Gasteiger charge is -2.25. The maximum atomic E-state index is 12.2. The number of carbonyl (C=O) groups is 1. The molecule has 0 aliphatic carbocycles. The maximum Gasteiger partial charge on any atom is 0.244 e. The highest BCUT2D eigenvalue weighted by Gasteiger charge is 2.26. The lowest BCUT2D eigenvalue weighted by molar-refractivity contribution is 0.0730. The van der Waals surface area contributed by atoms with E-state index in [-0.39, 0.29) is 10.5 Å². The molecule has 1 fully saturated rings. The van der Waals surface area contributed by atoms with Gasteiger partial charge in [-0.1, -0.05) is 0 Å². The fraction of sp³-hybridized carbons (Fsp3) is 0.400. The second-order valence-electron chi connectivity index (χ2n) is 3.59. The summed E-state index contributed by atoms with van der Waals surface area (Å²) in [5, 5.41) is 0. The Labute approximate surface area is 99.3 Å². The van der Waals surface area contributed by atoms with Crippen LogP contribution in [0.2, 0.25) is 0 Å². The van der Waals surface area contributed by atoms with Crippen molar-refractivity contribution in [1.82, 2.24) is 9.29 Å². The molecule has 0 N–H and O–H groups in total. The summed E-state index contributed by atoms with van der Waals surface area (Å²) in [6, 6.07) is 1.32. The summed E-state index contributed by atoms with van der Waals surface area (Å²) >= 11 is 0. The molecular weight excluding hydrogens is 244 g/mol. The van der Waals surface area contributed by atoms with Crippen LogP contribution in [0.4, 0.5) is 0 Å². The predicted octanol–water partition coefficient (Wildman–Crippen LogP) is -0.0850. The summed E-state index contributed by atoms with van der Waals surface area (Å²) in [4.78, 5) is 14.4. The second kappa shape index (κ2) is 4.91. The fourth-order valence-electron chi connectivity index (χ4n) is 1.58. The number of pyridine rings is 1. The van der Waals surface area contributed by atoms with Gasteiger partial charge in [0, 0.05) is 31.0 Å². The number of sulfonamides is 1. The van der Waals surface area contributed by atoms with Gasteiger partial charge in [0.05, 0.1) is 13.2 Å². The Balaban J connectivity index is 2.32. The molecular formula is C10H12N2O4S. The molecule has 1 aliphatic rings. The Morgan fingerprint density at radius 2 is 2.00 bits per heavy atom. The van der Waals surface area contributed by atoms with Crippen LogP contribution in [0.3, 0.4) is 0 Å². The van der Waals surface area contributed by atoms with Crippen molar-refractivity contribution in [2.75, 3.05) is 26.3 Å². The molecule has 1 aromatic rings. The minimum Gasteiger partial charge on any atom is -0.379 e. The molecule has 0 amide bonds. The molecule has 0 saturated carbocycles. The van der Waals surface area contributed by atoms with E-state index in [0.717, 1.165) is 0 Å². The van der Waals surface area contributed by atoms with Crippen LogP contribution in [-0.2, 0) is 14.8 Å². The number of carbonyl (C=O) groups excluding carboxylic acids is 1. The van der Waals surface area contributed by atoms with Crippen LogP contribution in [0, 0.1) is 0 Å². The summed E-state index contributed by atoms with van der Waals surface area (Å²) in [6.45, 7) is 1.43. The van der Waals surface area contributed by atoms with Gasteiger partial charge in [-0.2, -0.15) is 4.31 Å². The first-order chi connectivity index (χ1) is 8.14. The van der Waals surface area contributed by atoms with Crippen LogP contribution in [0.1, 0.15) is 10.4 Å². The Morgan fingerprint density at radius 1 is 1.29 bits per heavy atom. The van der Waals surface area contributed by atoms with Gasteiger partial charge in [0.25, 0.3) is 0 Å². The molecule has 2 rings (SSSR count). The molecule has 0 radical (unpaired) electrons. The highest BCUT2D eigenvalue weighted by Crippen LogP contribution is 2.16. The molecule has 1 aliphatic heterocycles. The van der Waals surface area contributed by atoms with Crippen LogP contribution >= 0.6 is 0 Å². The van der Waals surface area contributed by atoms with Gasteiger partial charge in [0.2, 0.25) is 10.0 Å². The molecule has 0 aromatic carbocycles. The van der Waals surface area contributed by atoms with E-state index in [1.165, 1.54) is 22.8 Å². The molecule has 2 heterocycles. The van der Waals surface area contributed by atoms with Crippen LogP contribution in [0.25, 0.3) is 0 Å². The van der Waals surface area contributed by atoms with Crippen LogP contribution in [-0.4, -0.2) is 50.3 Å². The van der Waals surface area contributed by atoms with E-state index in [4.69, 9.17) is 4.74 Å². The van der Waals surface area contributed by atoms with Crippen molar-refractivity contribution in [1.29, 1.82) is 0 Å². The normalized spacial score (nSPS) is 17.9. The molecule has 0 atom stereocenters. The van der Waals surface area contributed by atoms with Crippen molar-refractivity contribution in [3.63, 3.8) is 0 Å². The standard InChI is InChI=1S/C10H12N2O4S/c13-8-9-5-10(7-11-6-9)17(14,15)12-1-3-16-4-2-12/h5-8H,1-4H2. The van der Waals surface area contributed by atoms with E-state index in [1.54, 1.807) is 0 Å². The summed E-state index contributed by atoms with van der Waals surface area (Å²) in [6.07, 6.45) is 3.15. The Bertz CT molecular complexity index is 509. The van der Waals surface area contributed by atoms with Gasteiger partial charge >= 0.3 is 0 Å². The van der Waals surface area contributed by atoms with Crippen molar-refractivity contribution in [2.24, 2.45) is 0 Å². The minimum atomic E-state index is -3.56. The Morgan fingerprint density at radius 3 is 2.65 bits per heavy atom. The molecule has 7 heteroatoms. The van der Waals surface area contributed by atoms with Crippen LogP contribution in [0.5, 0.6) is 0 Å². The zero-order valence-corrected chi connectivity index (χ0v) is 9.89. The van der Waals surface area contributed by atoms with Gasteiger partial charge in [-0.15, -0.1) is 0 Å². The summed E-state index contributed by atoms with van der Waals surface area (Å²) in [5.41, 5.74) is 0.249. The largest absolute Gasteiger partial charge is 0.379 e. The Kier molecular flexibility index (Phi) is 3.51. The van der Waals surface area contributed by atoms with E-state index >= 15 is 0 Å². The third-order valence-electron chi connectivity index (χ3n) is 2.48. The average molecular weight is 256 g/mol. The number of hydrogen-bond acceptors (Lipinski definition) is 5. The molecule has 0 spiro atoms. The zero-order chi connectivity index (χ0) is 12.3. The van der Waals surface area contributed by atoms with Crippen molar-refractivity contribution in [3.8, 4) is 0 Å². The molecule has 0 unspecified atom stereocenters. The summed E-state index contributed by atoms with van der Waals surface area (Å²) in [7, 11) is -3.56. The number of hydrogen-bond donors (Lipinski definition) is 0. The number of rotatable bonds is 3. The first-order valence-corrected chi connectivity index (χ1v) is 6.57. The van der Waals surface area contributed by atoms with Crippen molar-refractivity contribution in [2.45, 2.75) is 4.90 Å². The first kappa shape index (κ1) is 12.2. The molecule has 17 heavy (non-hydrogen) atoms. The van der Waals surface area contributed by atoms with E-state index in [9.17, 15) is 13.2 Å². The van der Waals surface area contributed by atoms with Gasteiger partial charge < -0.3 is 4.74 Å². The Hall–Kier alpha value is -1.31. The minimum absolute atomic E-state index is 0.0454. The maximum absolute atomic E-state index is 12.2. The third kappa shape index (κ3) is 2.51. The fourth-order valence-corrected chi connectivity index (χ4v) is 2.98. The molecule has 6 nitrogen and oxygen atoms in total. The number of aldehydes is 1. The van der Waals surface area contributed by atoms with Crippen LogP contribution < -0.4 is 0 Å². The van der Waals surface area contributed by atoms with Crippen LogP contribution in [0.15, 0.2) is 23.4 Å². The van der Waals surface area contributed by atoms with Crippen molar-refractivity contribution < 1.29 is 17.9 Å². The average Bonchev–Trinajstić information content (AvgIpc) is 2.40. The quantitative estimate of drug-likeness (QED) is 0.707. The van der Waals surface area contributed by atoms with E-state index < -0.39 is 10.0 Å². The zero-order valence-electron chi connectivity index (χ0n) is 9.07. The van der Waals surface area contributed by atoms with Gasteiger partial charge in [-0.05, 0) is 6.07 Å². The highest BCUT2D eigenvalue weighted by molar-refractivity contribution is 7.89. The monoisotopic (exact) mass is 256 g/mol. The molecule has 1 saturated heterocycles. The first-order valence-electron chi connectivity index (χ1n) is 5.13. The number of nitrogens with zero attached hydrogens (tertiary/aromatic N) is 2. The summed E-state index contributed by atoms with van der Waals surface area (Å²) < 4.78 is 30.8. The number of morpholine rings is 1. The second-order valence-corrected chi connectivity index (χ2v) is 5.53. The highest BCUT2D eigenvalue weighted by atomic mass is 32.2. The van der Waals surface area contributed by atoms with Gasteiger partial charge in [0.1, 0.15) is 4.90 Å².